The summed E-state index contributed by atoms with van der Waals surface area (Å²) in [6, 6.07) is 4.97. The molecule has 0 spiro atoms. The highest BCUT2D eigenvalue weighted by molar-refractivity contribution is 7.12. The zero-order chi connectivity index (χ0) is 14.9. The fourth-order valence-electron chi connectivity index (χ4n) is 3.00. The van der Waals surface area contributed by atoms with Crippen molar-refractivity contribution in [3.8, 4) is 0 Å². The summed E-state index contributed by atoms with van der Waals surface area (Å²) in [5.74, 6) is 0. The van der Waals surface area contributed by atoms with E-state index in [4.69, 9.17) is 5.73 Å². The number of aryl methyl sites for hydroxylation is 1. The van der Waals surface area contributed by atoms with Crippen LogP contribution in [-0.2, 0) is 0 Å². The van der Waals surface area contributed by atoms with Crippen LogP contribution in [0.25, 0.3) is 0 Å². The Labute approximate surface area is 127 Å². The molecule has 2 atom stereocenters. The molecule has 0 saturated carbocycles. The van der Waals surface area contributed by atoms with Gasteiger partial charge in [-0.25, -0.2) is 0 Å². The predicted octanol–water partition coefficient (Wildman–Crippen LogP) is 4.12. The summed E-state index contributed by atoms with van der Waals surface area (Å²) < 4.78 is 0. The fraction of sp³-hybridized carbons (Fsp3) is 0.647. The van der Waals surface area contributed by atoms with E-state index in [0.717, 1.165) is 19.5 Å². The standard InChI is InChI=1S/C17H28N2S/c1-12-6-7-15(20-12)16(13(2)18)19-10-8-14(9-11-19)17(3,4)5/h6-8,13,16H,9-11,18H2,1-5H3. The van der Waals surface area contributed by atoms with Gasteiger partial charge in [-0.15, -0.1) is 11.3 Å². The Morgan fingerprint density at radius 3 is 2.40 bits per heavy atom. The maximum atomic E-state index is 6.27. The minimum atomic E-state index is 0.164. The molecule has 2 N–H and O–H groups in total. The van der Waals surface area contributed by atoms with Gasteiger partial charge in [0.05, 0.1) is 6.04 Å². The molecule has 1 aromatic rings. The molecule has 0 amide bonds. The first kappa shape index (κ1) is 15.7. The summed E-state index contributed by atoms with van der Waals surface area (Å²) in [6.07, 6.45) is 3.58. The molecule has 0 aliphatic carbocycles. The van der Waals surface area contributed by atoms with E-state index in [1.54, 1.807) is 5.57 Å². The summed E-state index contributed by atoms with van der Waals surface area (Å²) in [4.78, 5) is 5.31. The lowest BCUT2D eigenvalue weighted by atomic mass is 9.82. The van der Waals surface area contributed by atoms with Gasteiger partial charge in [-0.2, -0.15) is 0 Å². The van der Waals surface area contributed by atoms with Crippen molar-refractivity contribution in [2.45, 2.75) is 53.1 Å². The van der Waals surface area contributed by atoms with Crippen molar-refractivity contribution in [1.82, 2.24) is 4.90 Å². The molecular weight excluding hydrogens is 264 g/mol. The van der Waals surface area contributed by atoms with Crippen LogP contribution in [-0.4, -0.2) is 24.0 Å². The number of nitrogens with two attached hydrogens (primary N) is 1. The topological polar surface area (TPSA) is 29.3 Å². The lowest BCUT2D eigenvalue weighted by Gasteiger charge is -2.38. The Kier molecular flexibility index (Phi) is 4.73. The molecule has 1 aromatic heterocycles. The van der Waals surface area contributed by atoms with E-state index < -0.39 is 0 Å². The third-order valence-corrected chi connectivity index (χ3v) is 5.22. The molecule has 2 unspecified atom stereocenters. The third-order valence-electron chi connectivity index (χ3n) is 4.15. The summed E-state index contributed by atoms with van der Waals surface area (Å²) in [6.45, 7) is 13.4. The van der Waals surface area contributed by atoms with Crippen molar-refractivity contribution in [3.63, 3.8) is 0 Å². The molecule has 2 nitrogen and oxygen atoms in total. The molecule has 0 radical (unpaired) electrons. The Balaban J connectivity index is 2.16. The molecule has 0 bridgehead atoms. The average molecular weight is 292 g/mol. The summed E-state index contributed by atoms with van der Waals surface area (Å²) in [5.41, 5.74) is 8.16. The van der Waals surface area contributed by atoms with Gasteiger partial charge in [0.15, 0.2) is 0 Å². The van der Waals surface area contributed by atoms with Crippen LogP contribution in [0.15, 0.2) is 23.8 Å². The van der Waals surface area contributed by atoms with Gasteiger partial charge < -0.3 is 5.73 Å². The SMILES string of the molecule is Cc1ccc(C(C(C)N)N2CC=C(C(C)(C)C)CC2)s1. The lowest BCUT2D eigenvalue weighted by molar-refractivity contribution is 0.187. The zero-order valence-corrected chi connectivity index (χ0v) is 14.3. The van der Waals surface area contributed by atoms with E-state index in [-0.39, 0.29) is 6.04 Å². The number of hydrogen-bond acceptors (Lipinski definition) is 3. The van der Waals surface area contributed by atoms with E-state index in [0.29, 0.717) is 11.5 Å². The van der Waals surface area contributed by atoms with Gasteiger partial charge in [0.2, 0.25) is 0 Å². The molecule has 3 heteroatoms. The van der Waals surface area contributed by atoms with Crippen LogP contribution in [0.5, 0.6) is 0 Å². The zero-order valence-electron chi connectivity index (χ0n) is 13.4. The number of nitrogens with zero attached hydrogens (tertiary/aromatic N) is 1. The monoisotopic (exact) mass is 292 g/mol. The van der Waals surface area contributed by atoms with Crippen LogP contribution in [0.3, 0.4) is 0 Å². The average Bonchev–Trinajstić information content (AvgIpc) is 2.75. The molecule has 2 heterocycles. The first-order valence-electron chi connectivity index (χ1n) is 7.54. The van der Waals surface area contributed by atoms with Crippen LogP contribution < -0.4 is 5.73 Å². The van der Waals surface area contributed by atoms with Crippen LogP contribution in [0.2, 0.25) is 0 Å². The second-order valence-corrected chi connectivity index (χ2v) is 8.30. The molecule has 1 aliphatic heterocycles. The van der Waals surface area contributed by atoms with Crippen LogP contribution in [0.1, 0.15) is 49.9 Å². The highest BCUT2D eigenvalue weighted by Gasteiger charge is 2.28. The molecule has 0 saturated heterocycles. The van der Waals surface area contributed by atoms with Gasteiger partial charge in [0.25, 0.3) is 0 Å². The first-order chi connectivity index (χ1) is 9.29. The van der Waals surface area contributed by atoms with E-state index in [1.807, 2.05) is 11.3 Å². The van der Waals surface area contributed by atoms with Crippen molar-refractivity contribution in [2.75, 3.05) is 13.1 Å². The Morgan fingerprint density at radius 1 is 1.30 bits per heavy atom. The minimum Gasteiger partial charge on any atom is -0.326 e. The van der Waals surface area contributed by atoms with Crippen LogP contribution >= 0.6 is 11.3 Å². The fourth-order valence-corrected chi connectivity index (χ4v) is 4.13. The van der Waals surface area contributed by atoms with Crippen molar-refractivity contribution < 1.29 is 0 Å². The van der Waals surface area contributed by atoms with Crippen LogP contribution in [0, 0.1) is 12.3 Å². The van der Waals surface area contributed by atoms with Crippen molar-refractivity contribution in [1.29, 1.82) is 0 Å². The Hall–Kier alpha value is -0.640. The lowest BCUT2D eigenvalue weighted by Crippen LogP contribution is -2.42. The van der Waals surface area contributed by atoms with Crippen molar-refractivity contribution in [3.05, 3.63) is 33.5 Å². The minimum absolute atomic E-state index is 0.164. The smallest absolute Gasteiger partial charge is 0.0593 e. The largest absolute Gasteiger partial charge is 0.326 e. The second kappa shape index (κ2) is 6.00. The van der Waals surface area contributed by atoms with E-state index in [9.17, 15) is 0 Å². The van der Waals surface area contributed by atoms with Gasteiger partial charge in [-0.3, -0.25) is 4.90 Å². The molecule has 20 heavy (non-hydrogen) atoms. The number of thiophene rings is 1. The first-order valence-corrected chi connectivity index (χ1v) is 8.36. The normalized spacial score (nSPS) is 20.6. The van der Waals surface area contributed by atoms with Gasteiger partial charge >= 0.3 is 0 Å². The number of hydrogen-bond donors (Lipinski definition) is 1. The summed E-state index contributed by atoms with van der Waals surface area (Å²) >= 11 is 1.88. The maximum absolute atomic E-state index is 6.27. The summed E-state index contributed by atoms with van der Waals surface area (Å²) in [7, 11) is 0. The molecule has 0 aromatic carbocycles. The highest BCUT2D eigenvalue weighted by Crippen LogP contribution is 2.35. The molecule has 112 valence electrons. The molecule has 0 fully saturated rings. The van der Waals surface area contributed by atoms with Gasteiger partial charge in [-0.1, -0.05) is 32.4 Å². The van der Waals surface area contributed by atoms with Gasteiger partial charge in [0.1, 0.15) is 0 Å². The quantitative estimate of drug-likeness (QED) is 0.849. The molecule has 1 aliphatic rings. The van der Waals surface area contributed by atoms with Crippen molar-refractivity contribution >= 4 is 11.3 Å². The van der Waals surface area contributed by atoms with E-state index in [1.165, 1.54) is 9.75 Å². The summed E-state index contributed by atoms with van der Waals surface area (Å²) in [5, 5.41) is 0. The van der Waals surface area contributed by atoms with Crippen molar-refractivity contribution in [2.24, 2.45) is 11.1 Å². The number of rotatable bonds is 3. The highest BCUT2D eigenvalue weighted by atomic mass is 32.1. The van der Waals surface area contributed by atoms with E-state index in [2.05, 4.69) is 57.7 Å². The van der Waals surface area contributed by atoms with E-state index >= 15 is 0 Å². The maximum Gasteiger partial charge on any atom is 0.0593 e. The van der Waals surface area contributed by atoms with Gasteiger partial charge in [0, 0.05) is 28.9 Å². The Morgan fingerprint density at radius 2 is 2.00 bits per heavy atom. The third kappa shape index (κ3) is 3.51. The predicted molar refractivity (Wildman–Crippen MR) is 89.2 cm³/mol. The van der Waals surface area contributed by atoms with Gasteiger partial charge in [-0.05, 0) is 37.8 Å². The second-order valence-electron chi connectivity index (χ2n) is 6.98. The van der Waals surface area contributed by atoms with Crippen LogP contribution in [0.4, 0.5) is 0 Å². The Bertz CT molecular complexity index is 479. The molecular formula is C17H28N2S. The molecule has 2 rings (SSSR count).